The molecule has 1 aromatic rings. The zero-order valence-corrected chi connectivity index (χ0v) is 8.16. The van der Waals surface area contributed by atoms with Gasteiger partial charge in [0.05, 0.1) is 11.7 Å². The van der Waals surface area contributed by atoms with Gasteiger partial charge in [-0.1, -0.05) is 12.8 Å². The number of rotatable bonds is 3. The molecule has 74 valence electrons. The summed E-state index contributed by atoms with van der Waals surface area (Å²) in [5.41, 5.74) is -0.393. The van der Waals surface area contributed by atoms with Crippen LogP contribution in [0.25, 0.3) is 0 Å². The molecular formula is C9H12N4O. The van der Waals surface area contributed by atoms with E-state index in [1.165, 1.54) is 6.20 Å². The Morgan fingerprint density at radius 3 is 3.00 bits per heavy atom. The Bertz CT molecular complexity index is 351. The number of H-pyrrole nitrogens is 1. The van der Waals surface area contributed by atoms with E-state index >= 15 is 0 Å². The molecule has 5 heteroatoms. The molecule has 5 nitrogen and oxygen atoms in total. The lowest BCUT2D eigenvalue weighted by atomic mass is 10.0. The van der Waals surface area contributed by atoms with Crippen LogP contribution in [0, 0.1) is 12.3 Å². The summed E-state index contributed by atoms with van der Waals surface area (Å²) >= 11 is 0. The Kier molecular flexibility index (Phi) is 2.87. The maximum absolute atomic E-state index is 11.5. The summed E-state index contributed by atoms with van der Waals surface area (Å²) in [6, 6.07) is 0. The molecule has 0 saturated heterocycles. The van der Waals surface area contributed by atoms with Crippen LogP contribution in [0.5, 0.6) is 0 Å². The fourth-order valence-corrected chi connectivity index (χ4v) is 0.852. The SMILES string of the molecule is C#CC(C)(CC)NC(=O)c1cn[nH]n1. The van der Waals surface area contributed by atoms with Crippen LogP contribution in [0.1, 0.15) is 30.8 Å². The molecule has 14 heavy (non-hydrogen) atoms. The van der Waals surface area contributed by atoms with Crippen molar-refractivity contribution in [3.8, 4) is 12.3 Å². The molecule has 1 atom stereocenters. The summed E-state index contributed by atoms with van der Waals surface area (Å²) in [6.07, 6.45) is 7.32. The van der Waals surface area contributed by atoms with Gasteiger partial charge in [0, 0.05) is 0 Å². The van der Waals surface area contributed by atoms with Crippen molar-refractivity contribution < 1.29 is 4.79 Å². The van der Waals surface area contributed by atoms with E-state index < -0.39 is 5.54 Å². The third-order valence-electron chi connectivity index (χ3n) is 2.06. The molecule has 0 aliphatic rings. The number of amides is 1. The minimum absolute atomic E-state index is 0.236. The largest absolute Gasteiger partial charge is 0.335 e. The van der Waals surface area contributed by atoms with Crippen molar-refractivity contribution in [2.45, 2.75) is 25.8 Å². The van der Waals surface area contributed by atoms with Gasteiger partial charge >= 0.3 is 0 Å². The van der Waals surface area contributed by atoms with Gasteiger partial charge in [-0.25, -0.2) is 0 Å². The number of carbonyl (C=O) groups is 1. The average Bonchev–Trinajstić information content (AvgIpc) is 2.70. The van der Waals surface area contributed by atoms with Gasteiger partial charge in [0.2, 0.25) is 0 Å². The van der Waals surface area contributed by atoms with Crippen LogP contribution < -0.4 is 5.32 Å². The lowest BCUT2D eigenvalue weighted by Gasteiger charge is -2.22. The van der Waals surface area contributed by atoms with Crippen LogP contribution in [-0.2, 0) is 0 Å². The molecule has 1 rings (SSSR count). The topological polar surface area (TPSA) is 70.7 Å². The first-order chi connectivity index (χ1) is 6.61. The van der Waals surface area contributed by atoms with E-state index in [0.717, 1.165) is 0 Å². The minimum atomic E-state index is -0.629. The van der Waals surface area contributed by atoms with Gasteiger partial charge in [-0.3, -0.25) is 4.79 Å². The van der Waals surface area contributed by atoms with Crippen LogP contribution in [-0.4, -0.2) is 26.9 Å². The Morgan fingerprint density at radius 2 is 2.57 bits per heavy atom. The summed E-state index contributed by atoms with van der Waals surface area (Å²) in [5, 5.41) is 12.2. The predicted octanol–water partition coefficient (Wildman–Crippen LogP) is 0.336. The lowest BCUT2D eigenvalue weighted by Crippen LogP contribution is -2.44. The number of hydrogen-bond acceptors (Lipinski definition) is 3. The van der Waals surface area contributed by atoms with Crippen molar-refractivity contribution >= 4 is 5.91 Å². The van der Waals surface area contributed by atoms with Gasteiger partial charge in [-0.15, -0.1) is 6.42 Å². The highest BCUT2D eigenvalue weighted by Crippen LogP contribution is 2.07. The third kappa shape index (κ3) is 2.10. The Labute approximate surface area is 82.3 Å². The van der Waals surface area contributed by atoms with Crippen molar-refractivity contribution in [2.75, 3.05) is 0 Å². The van der Waals surface area contributed by atoms with E-state index in [9.17, 15) is 4.79 Å². The predicted molar refractivity (Wildman–Crippen MR) is 51.4 cm³/mol. The summed E-state index contributed by atoms with van der Waals surface area (Å²) in [6.45, 7) is 3.69. The number of nitrogens with one attached hydrogen (secondary N) is 2. The molecule has 1 heterocycles. The molecule has 0 radical (unpaired) electrons. The molecule has 0 saturated carbocycles. The molecule has 1 aromatic heterocycles. The molecule has 2 N–H and O–H groups in total. The Hall–Kier alpha value is -1.83. The first kappa shape index (κ1) is 10.3. The van der Waals surface area contributed by atoms with E-state index in [4.69, 9.17) is 6.42 Å². The minimum Gasteiger partial charge on any atom is -0.335 e. The lowest BCUT2D eigenvalue weighted by molar-refractivity contribution is 0.0918. The van der Waals surface area contributed by atoms with Crippen LogP contribution in [0.15, 0.2) is 6.20 Å². The third-order valence-corrected chi connectivity index (χ3v) is 2.06. The molecule has 1 unspecified atom stereocenters. The van der Waals surface area contributed by atoms with Crippen LogP contribution in [0.2, 0.25) is 0 Å². The van der Waals surface area contributed by atoms with Crippen molar-refractivity contribution in [1.82, 2.24) is 20.7 Å². The maximum Gasteiger partial charge on any atom is 0.274 e. The van der Waals surface area contributed by atoms with Crippen molar-refractivity contribution in [3.63, 3.8) is 0 Å². The molecule has 0 aliphatic heterocycles. The molecule has 0 aliphatic carbocycles. The number of hydrogen-bond donors (Lipinski definition) is 2. The monoisotopic (exact) mass is 192 g/mol. The van der Waals surface area contributed by atoms with E-state index in [-0.39, 0.29) is 11.6 Å². The highest BCUT2D eigenvalue weighted by molar-refractivity contribution is 5.92. The normalized spacial score (nSPS) is 14.1. The van der Waals surface area contributed by atoms with E-state index in [2.05, 4.69) is 26.6 Å². The fourth-order valence-electron chi connectivity index (χ4n) is 0.852. The number of nitrogens with zero attached hydrogens (tertiary/aromatic N) is 2. The zero-order chi connectivity index (χ0) is 10.6. The van der Waals surface area contributed by atoms with Crippen LogP contribution in [0.3, 0.4) is 0 Å². The zero-order valence-electron chi connectivity index (χ0n) is 8.16. The summed E-state index contributed by atoms with van der Waals surface area (Å²) in [7, 11) is 0. The summed E-state index contributed by atoms with van der Waals surface area (Å²) < 4.78 is 0. The summed E-state index contributed by atoms with van der Waals surface area (Å²) in [4.78, 5) is 11.5. The van der Waals surface area contributed by atoms with Crippen LogP contribution in [0.4, 0.5) is 0 Å². The molecule has 0 aromatic carbocycles. The second-order valence-electron chi connectivity index (χ2n) is 3.14. The van der Waals surface area contributed by atoms with Gasteiger partial charge in [0.15, 0.2) is 5.69 Å². The molecule has 0 fully saturated rings. The number of aromatic nitrogens is 3. The molecule has 0 spiro atoms. The fraction of sp³-hybridized carbons (Fsp3) is 0.444. The maximum atomic E-state index is 11.5. The van der Waals surface area contributed by atoms with Gasteiger partial charge in [0.25, 0.3) is 5.91 Å². The van der Waals surface area contributed by atoms with Crippen LogP contribution >= 0.6 is 0 Å². The number of aromatic amines is 1. The second kappa shape index (κ2) is 3.92. The standard InChI is InChI=1S/C9H12N4O/c1-4-9(3,5-2)11-8(14)7-6-10-13-12-7/h1,6H,5H2,2-3H3,(H,11,14)(H,10,12,13). The van der Waals surface area contributed by atoms with Crippen molar-refractivity contribution in [1.29, 1.82) is 0 Å². The van der Waals surface area contributed by atoms with Gasteiger partial charge in [0.1, 0.15) is 0 Å². The number of carbonyl (C=O) groups excluding carboxylic acids is 1. The Morgan fingerprint density at radius 1 is 1.86 bits per heavy atom. The quantitative estimate of drug-likeness (QED) is 0.678. The van der Waals surface area contributed by atoms with Gasteiger partial charge in [-0.2, -0.15) is 15.4 Å². The van der Waals surface area contributed by atoms with Crippen molar-refractivity contribution in [2.24, 2.45) is 0 Å². The smallest absolute Gasteiger partial charge is 0.274 e. The molecule has 1 amide bonds. The Balaban J connectivity index is 2.71. The summed E-state index contributed by atoms with van der Waals surface area (Å²) in [5.74, 6) is 2.21. The van der Waals surface area contributed by atoms with Gasteiger partial charge in [-0.05, 0) is 13.3 Å². The number of terminal acetylenes is 1. The van der Waals surface area contributed by atoms with E-state index in [1.54, 1.807) is 6.92 Å². The average molecular weight is 192 g/mol. The van der Waals surface area contributed by atoms with E-state index in [1.807, 2.05) is 6.92 Å². The first-order valence-electron chi connectivity index (χ1n) is 4.27. The molecular weight excluding hydrogens is 180 g/mol. The van der Waals surface area contributed by atoms with Gasteiger partial charge < -0.3 is 5.32 Å². The van der Waals surface area contributed by atoms with Crippen molar-refractivity contribution in [3.05, 3.63) is 11.9 Å². The highest BCUT2D eigenvalue weighted by Gasteiger charge is 2.22. The first-order valence-corrected chi connectivity index (χ1v) is 4.27. The molecule has 0 bridgehead atoms. The van der Waals surface area contributed by atoms with E-state index in [0.29, 0.717) is 6.42 Å². The highest BCUT2D eigenvalue weighted by atomic mass is 16.2. The second-order valence-corrected chi connectivity index (χ2v) is 3.14.